The third-order valence-electron chi connectivity index (χ3n) is 7.45. The first-order valence-corrected chi connectivity index (χ1v) is 15.4. The van der Waals surface area contributed by atoms with Gasteiger partial charge in [-0.2, -0.15) is 4.98 Å². The molecule has 1 aliphatic rings. The summed E-state index contributed by atoms with van der Waals surface area (Å²) < 4.78 is 43.0. The van der Waals surface area contributed by atoms with Gasteiger partial charge in [-0.25, -0.2) is 27.2 Å². The molecule has 2 N–H and O–H groups in total. The lowest BCUT2D eigenvalue weighted by atomic mass is 10.0. The van der Waals surface area contributed by atoms with E-state index in [4.69, 9.17) is 5.73 Å². The Labute approximate surface area is 247 Å². The number of nitrogens with zero attached hydrogens (tertiary/aromatic N) is 7. The third kappa shape index (κ3) is 5.33. The summed E-state index contributed by atoms with van der Waals surface area (Å²) in [6.07, 6.45) is 7.74. The van der Waals surface area contributed by atoms with Crippen molar-refractivity contribution in [1.82, 2.24) is 29.4 Å². The summed E-state index contributed by atoms with van der Waals surface area (Å²) >= 11 is 0. The maximum Gasteiger partial charge on any atom is 0.355 e. The van der Waals surface area contributed by atoms with E-state index in [2.05, 4.69) is 26.5 Å². The number of carbonyl (C=O) groups is 1. The zero-order chi connectivity index (χ0) is 31.2. The largest absolute Gasteiger partial charge is 0.398 e. The highest BCUT2D eigenvalue weighted by atomic mass is 32.2. The molecule has 0 bridgehead atoms. The van der Waals surface area contributed by atoms with Crippen LogP contribution in [0.4, 0.5) is 15.9 Å². The molecular formula is C29H31FN8O4S. The molecule has 0 radical (unpaired) electrons. The molecule has 1 fully saturated rings. The van der Waals surface area contributed by atoms with E-state index in [1.807, 2.05) is 25.7 Å². The highest BCUT2D eigenvalue weighted by Crippen LogP contribution is 2.35. The van der Waals surface area contributed by atoms with Crippen molar-refractivity contribution in [3.8, 4) is 16.9 Å². The summed E-state index contributed by atoms with van der Waals surface area (Å²) in [6, 6.07) is 2.41. The molecule has 0 unspecified atom stereocenters. The van der Waals surface area contributed by atoms with Gasteiger partial charge in [0.1, 0.15) is 16.4 Å². The Balaban J connectivity index is 1.88. The number of fused-ring (bicyclic) bond motifs is 1. The zero-order valence-corrected chi connectivity index (χ0v) is 25.0. The molecule has 4 aromatic heterocycles. The van der Waals surface area contributed by atoms with E-state index in [-0.39, 0.29) is 62.2 Å². The van der Waals surface area contributed by atoms with Crippen LogP contribution in [0.5, 0.6) is 0 Å². The number of hydrogen-bond acceptors (Lipinski definition) is 10. The summed E-state index contributed by atoms with van der Waals surface area (Å²) in [4.78, 5) is 46.7. The summed E-state index contributed by atoms with van der Waals surface area (Å²) in [7, 11) is -3.89. The number of rotatable bonds is 6. The number of nitrogens with two attached hydrogens (primary N) is 1. The molecule has 12 nitrogen and oxygen atoms in total. The predicted octanol–water partition coefficient (Wildman–Crippen LogP) is 2.71. The van der Waals surface area contributed by atoms with Gasteiger partial charge in [0.25, 0.3) is 0 Å². The topological polar surface area (TPSA) is 157 Å². The molecule has 5 heterocycles. The Morgan fingerprint density at radius 2 is 1.93 bits per heavy atom. The fraction of sp³-hybridized carbons (Fsp3) is 0.310. The number of hydrogen-bond donors (Lipinski definition) is 1. The van der Waals surface area contributed by atoms with Gasteiger partial charge in [-0.15, -0.1) is 0 Å². The average Bonchev–Trinajstić information content (AvgIpc) is 2.96. The van der Waals surface area contributed by atoms with E-state index in [1.165, 1.54) is 43.0 Å². The summed E-state index contributed by atoms with van der Waals surface area (Å²) in [5, 5.41) is 0.171. The number of amides is 1. The standard InChI is InChI=1S/C29H31FN8O4S/c1-6-24(39)36-9-10-37(17(4)15-36)27-18-11-21(30)25(20-13-32-8-7-22(20)31)34-28(18)38(29(40)35-27)26-19(16(2)3)12-33-14-23(26)43(5,41)42/h6-8,11-14,16-17H,1,9-10,15H2,2-5H3,(H2,31,32)/t17-/m0/s1. The lowest BCUT2D eigenvalue weighted by Crippen LogP contribution is -2.54. The highest BCUT2D eigenvalue weighted by molar-refractivity contribution is 7.90. The monoisotopic (exact) mass is 606 g/mol. The fourth-order valence-electron chi connectivity index (χ4n) is 5.30. The molecule has 0 spiro atoms. The Morgan fingerprint density at radius 3 is 2.56 bits per heavy atom. The van der Waals surface area contributed by atoms with Crippen LogP contribution in [0.2, 0.25) is 0 Å². The molecule has 1 amide bonds. The average molecular weight is 607 g/mol. The smallest absolute Gasteiger partial charge is 0.355 e. The first-order valence-electron chi connectivity index (χ1n) is 13.5. The van der Waals surface area contributed by atoms with Gasteiger partial charge in [0.15, 0.2) is 21.3 Å². The molecular weight excluding hydrogens is 575 g/mol. The van der Waals surface area contributed by atoms with E-state index < -0.39 is 21.3 Å². The van der Waals surface area contributed by atoms with E-state index in [0.29, 0.717) is 25.2 Å². The minimum atomic E-state index is -3.89. The van der Waals surface area contributed by atoms with Crippen LogP contribution < -0.4 is 16.3 Å². The van der Waals surface area contributed by atoms with Crippen LogP contribution >= 0.6 is 0 Å². The van der Waals surface area contributed by atoms with Crippen LogP contribution in [0.15, 0.2) is 59.3 Å². The quantitative estimate of drug-likeness (QED) is 0.324. The van der Waals surface area contributed by atoms with Crippen molar-refractivity contribution in [1.29, 1.82) is 0 Å². The molecule has 14 heteroatoms. The van der Waals surface area contributed by atoms with Crippen molar-refractivity contribution in [2.45, 2.75) is 37.6 Å². The van der Waals surface area contributed by atoms with Crippen LogP contribution in [0.1, 0.15) is 32.3 Å². The molecule has 5 rings (SSSR count). The molecule has 1 saturated heterocycles. The lowest BCUT2D eigenvalue weighted by molar-refractivity contribution is -0.126. The first kappa shape index (κ1) is 29.8. The van der Waals surface area contributed by atoms with Crippen molar-refractivity contribution in [3.63, 3.8) is 0 Å². The van der Waals surface area contributed by atoms with Gasteiger partial charge in [-0.3, -0.25) is 14.8 Å². The highest BCUT2D eigenvalue weighted by Gasteiger charge is 2.31. The molecule has 224 valence electrons. The van der Waals surface area contributed by atoms with Gasteiger partial charge in [-0.1, -0.05) is 20.4 Å². The number of pyridine rings is 3. The number of halogens is 1. The Morgan fingerprint density at radius 1 is 1.19 bits per heavy atom. The minimum Gasteiger partial charge on any atom is -0.398 e. The summed E-state index contributed by atoms with van der Waals surface area (Å²) in [5.74, 6) is -1.06. The maximum absolute atomic E-state index is 15.9. The molecule has 0 aliphatic carbocycles. The lowest BCUT2D eigenvalue weighted by Gasteiger charge is -2.40. The number of piperazine rings is 1. The van der Waals surface area contributed by atoms with Crippen molar-refractivity contribution < 1.29 is 17.6 Å². The van der Waals surface area contributed by atoms with Crippen LogP contribution in [0.25, 0.3) is 28.0 Å². The van der Waals surface area contributed by atoms with Gasteiger partial charge in [0, 0.05) is 68.0 Å². The van der Waals surface area contributed by atoms with Crippen molar-refractivity contribution in [2.75, 3.05) is 36.5 Å². The molecule has 1 atom stereocenters. The molecule has 43 heavy (non-hydrogen) atoms. The minimum absolute atomic E-state index is 0.0237. The van der Waals surface area contributed by atoms with E-state index >= 15 is 4.39 Å². The number of sulfone groups is 1. The number of nitrogen functional groups attached to an aromatic ring is 1. The summed E-state index contributed by atoms with van der Waals surface area (Å²) in [5.41, 5.74) is 6.04. The number of carbonyl (C=O) groups excluding carboxylic acids is 1. The van der Waals surface area contributed by atoms with Crippen molar-refractivity contribution in [3.05, 3.63) is 71.4 Å². The second kappa shape index (κ2) is 11.2. The van der Waals surface area contributed by atoms with Gasteiger partial charge in [0.2, 0.25) is 5.91 Å². The number of aromatic nitrogens is 5. The van der Waals surface area contributed by atoms with Crippen molar-refractivity contribution in [2.24, 2.45) is 0 Å². The van der Waals surface area contributed by atoms with E-state index in [1.54, 1.807) is 4.90 Å². The second-order valence-electron chi connectivity index (χ2n) is 10.7. The third-order valence-corrected chi connectivity index (χ3v) is 8.55. The first-order chi connectivity index (χ1) is 20.3. The number of anilines is 2. The Hall–Kier alpha value is -4.72. The van der Waals surface area contributed by atoms with Gasteiger partial charge in [0.05, 0.1) is 11.1 Å². The summed E-state index contributed by atoms with van der Waals surface area (Å²) in [6.45, 7) is 10.0. The van der Waals surface area contributed by atoms with Crippen LogP contribution in [-0.4, -0.2) is 75.7 Å². The fourth-order valence-corrected chi connectivity index (χ4v) is 6.12. The van der Waals surface area contributed by atoms with E-state index in [9.17, 15) is 18.0 Å². The van der Waals surface area contributed by atoms with Crippen LogP contribution in [0, 0.1) is 5.82 Å². The zero-order valence-electron chi connectivity index (χ0n) is 24.2. The Kier molecular flexibility index (Phi) is 7.73. The predicted molar refractivity (Wildman–Crippen MR) is 161 cm³/mol. The maximum atomic E-state index is 15.9. The molecule has 0 saturated carbocycles. The SMILES string of the molecule is C=CC(=O)N1CCN(c2nc(=O)n(-c3c(C(C)C)cncc3S(C)(=O)=O)c3nc(-c4cnccc4N)c(F)cc23)[C@@H](C)C1. The van der Waals surface area contributed by atoms with Gasteiger partial charge in [-0.05, 0) is 36.6 Å². The molecule has 1 aliphatic heterocycles. The van der Waals surface area contributed by atoms with Crippen LogP contribution in [0.3, 0.4) is 0 Å². The second-order valence-corrected chi connectivity index (χ2v) is 12.7. The van der Waals surface area contributed by atoms with Crippen LogP contribution in [-0.2, 0) is 14.6 Å². The molecule has 4 aromatic rings. The van der Waals surface area contributed by atoms with Gasteiger partial charge < -0.3 is 15.5 Å². The van der Waals surface area contributed by atoms with Crippen molar-refractivity contribution >= 4 is 38.3 Å². The van der Waals surface area contributed by atoms with Gasteiger partial charge >= 0.3 is 5.69 Å². The Bertz CT molecular complexity index is 1940. The molecule has 0 aromatic carbocycles. The van der Waals surface area contributed by atoms with E-state index in [0.717, 1.165) is 10.8 Å². The normalized spacial score (nSPS) is 15.7.